The molecule has 2 aromatic rings. The zero-order chi connectivity index (χ0) is 16.7. The number of carbonyl (C=O) groups excluding carboxylic acids is 1. The lowest BCUT2D eigenvalue weighted by Gasteiger charge is -2.11. The molecule has 1 amide bonds. The molecule has 122 valence electrons. The van der Waals surface area contributed by atoms with Crippen LogP contribution in [0.4, 0.5) is 0 Å². The number of carbonyl (C=O) groups is 1. The first-order valence-corrected chi connectivity index (χ1v) is 8.16. The average Bonchev–Trinajstić information content (AvgIpc) is 2.60. The summed E-state index contributed by atoms with van der Waals surface area (Å²) in [5.41, 5.74) is 4.81. The molecule has 0 aliphatic carbocycles. The summed E-state index contributed by atoms with van der Waals surface area (Å²) in [5.74, 6) is 0.845. The number of nitrogens with one attached hydrogen (secondary N) is 1. The molecule has 0 unspecified atom stereocenters. The van der Waals surface area contributed by atoms with E-state index in [4.69, 9.17) is 4.74 Å². The zero-order valence-electron chi connectivity index (χ0n) is 14.2. The third-order valence-corrected chi connectivity index (χ3v) is 4.06. The number of hydrogen-bond acceptors (Lipinski definition) is 2. The fourth-order valence-corrected chi connectivity index (χ4v) is 2.59. The molecular weight excluding hydrogens is 286 g/mol. The van der Waals surface area contributed by atoms with Gasteiger partial charge in [0.2, 0.25) is 5.91 Å². The summed E-state index contributed by atoms with van der Waals surface area (Å²) >= 11 is 0. The van der Waals surface area contributed by atoms with Crippen LogP contribution in [0.15, 0.2) is 42.5 Å². The Bertz CT molecular complexity index is 647. The maximum Gasteiger partial charge on any atom is 0.224 e. The second-order valence-corrected chi connectivity index (χ2v) is 5.61. The number of methoxy groups -OCH3 is 1. The van der Waals surface area contributed by atoms with Gasteiger partial charge in [0.25, 0.3) is 0 Å². The number of hydrogen-bond donors (Lipinski definition) is 1. The van der Waals surface area contributed by atoms with Crippen LogP contribution in [0.1, 0.15) is 36.1 Å². The van der Waals surface area contributed by atoms with Gasteiger partial charge < -0.3 is 10.1 Å². The van der Waals surface area contributed by atoms with Gasteiger partial charge in [-0.25, -0.2) is 0 Å². The van der Waals surface area contributed by atoms with Crippen LogP contribution in [0, 0.1) is 0 Å². The molecule has 0 aliphatic rings. The minimum atomic E-state index is 0.0409. The summed E-state index contributed by atoms with van der Waals surface area (Å²) in [6.07, 6.45) is 2.38. The van der Waals surface area contributed by atoms with Gasteiger partial charge in [0.1, 0.15) is 5.75 Å². The lowest BCUT2D eigenvalue weighted by atomic mass is 10.0. The molecule has 0 aromatic heterocycles. The fraction of sp³-hybridized carbons (Fsp3) is 0.350. The van der Waals surface area contributed by atoms with E-state index in [1.165, 1.54) is 16.7 Å². The Labute approximate surface area is 138 Å². The molecule has 0 saturated carbocycles. The SMILES string of the molecule is CCc1ccc(CC)c(CNC(=O)Cc2ccc(OC)cc2)c1. The van der Waals surface area contributed by atoms with Crippen molar-refractivity contribution >= 4 is 5.91 Å². The van der Waals surface area contributed by atoms with Gasteiger partial charge >= 0.3 is 0 Å². The largest absolute Gasteiger partial charge is 0.497 e. The Morgan fingerprint density at radius 3 is 2.26 bits per heavy atom. The van der Waals surface area contributed by atoms with Crippen molar-refractivity contribution in [1.29, 1.82) is 0 Å². The van der Waals surface area contributed by atoms with Gasteiger partial charge in [-0.1, -0.05) is 44.2 Å². The van der Waals surface area contributed by atoms with Crippen LogP contribution in [-0.2, 0) is 30.6 Å². The van der Waals surface area contributed by atoms with E-state index in [0.717, 1.165) is 24.2 Å². The maximum atomic E-state index is 12.2. The van der Waals surface area contributed by atoms with Gasteiger partial charge in [0.15, 0.2) is 0 Å². The molecule has 0 spiro atoms. The predicted molar refractivity (Wildman–Crippen MR) is 93.7 cm³/mol. The van der Waals surface area contributed by atoms with Gasteiger partial charge in [-0.15, -0.1) is 0 Å². The first kappa shape index (κ1) is 17.1. The Kier molecular flexibility index (Phi) is 6.21. The zero-order valence-corrected chi connectivity index (χ0v) is 14.2. The van der Waals surface area contributed by atoms with Gasteiger partial charge in [0, 0.05) is 6.54 Å². The van der Waals surface area contributed by atoms with Gasteiger partial charge in [0.05, 0.1) is 13.5 Å². The van der Waals surface area contributed by atoms with Crippen LogP contribution >= 0.6 is 0 Å². The Morgan fingerprint density at radius 2 is 1.65 bits per heavy atom. The van der Waals surface area contributed by atoms with E-state index < -0.39 is 0 Å². The van der Waals surface area contributed by atoms with Crippen molar-refractivity contribution in [3.8, 4) is 5.75 Å². The van der Waals surface area contributed by atoms with E-state index >= 15 is 0 Å². The van der Waals surface area contributed by atoms with E-state index in [-0.39, 0.29) is 5.91 Å². The molecule has 0 bridgehead atoms. The number of ether oxygens (including phenoxy) is 1. The molecule has 0 atom stereocenters. The van der Waals surface area contributed by atoms with Crippen molar-refractivity contribution in [2.24, 2.45) is 0 Å². The molecule has 0 heterocycles. The molecule has 0 fully saturated rings. The minimum absolute atomic E-state index is 0.0409. The number of amides is 1. The van der Waals surface area contributed by atoms with Crippen LogP contribution in [-0.4, -0.2) is 13.0 Å². The summed E-state index contributed by atoms with van der Waals surface area (Å²) in [6.45, 7) is 4.88. The second kappa shape index (κ2) is 8.37. The predicted octanol–water partition coefficient (Wildman–Crippen LogP) is 3.68. The van der Waals surface area contributed by atoms with E-state index in [1.807, 2.05) is 24.3 Å². The van der Waals surface area contributed by atoms with Crippen molar-refractivity contribution in [2.75, 3.05) is 7.11 Å². The maximum absolute atomic E-state index is 12.2. The van der Waals surface area contributed by atoms with Crippen molar-refractivity contribution < 1.29 is 9.53 Å². The monoisotopic (exact) mass is 311 g/mol. The first-order chi connectivity index (χ1) is 11.2. The van der Waals surface area contributed by atoms with E-state index in [9.17, 15) is 4.79 Å². The first-order valence-electron chi connectivity index (χ1n) is 8.16. The summed E-state index contributed by atoms with van der Waals surface area (Å²) in [5, 5.41) is 3.03. The van der Waals surface area contributed by atoms with Gasteiger partial charge in [-0.05, 0) is 47.2 Å². The highest BCUT2D eigenvalue weighted by molar-refractivity contribution is 5.78. The smallest absolute Gasteiger partial charge is 0.224 e. The van der Waals surface area contributed by atoms with Crippen LogP contribution in [0.2, 0.25) is 0 Å². The van der Waals surface area contributed by atoms with Gasteiger partial charge in [-0.3, -0.25) is 4.79 Å². The van der Waals surface area contributed by atoms with Crippen molar-refractivity contribution in [3.63, 3.8) is 0 Å². The highest BCUT2D eigenvalue weighted by Crippen LogP contribution is 2.14. The fourth-order valence-electron chi connectivity index (χ4n) is 2.59. The lowest BCUT2D eigenvalue weighted by molar-refractivity contribution is -0.120. The molecule has 3 heteroatoms. The number of benzene rings is 2. The standard InChI is InChI=1S/C20H25NO2/c1-4-15-6-9-17(5-2)18(12-15)14-21-20(22)13-16-7-10-19(23-3)11-8-16/h6-12H,4-5,13-14H2,1-3H3,(H,21,22). The second-order valence-electron chi connectivity index (χ2n) is 5.61. The highest BCUT2D eigenvalue weighted by Gasteiger charge is 2.07. The van der Waals surface area contributed by atoms with Gasteiger partial charge in [-0.2, -0.15) is 0 Å². The summed E-state index contributed by atoms with van der Waals surface area (Å²) in [7, 11) is 1.64. The molecule has 3 nitrogen and oxygen atoms in total. The van der Waals surface area contributed by atoms with Crippen LogP contribution in [0.5, 0.6) is 5.75 Å². The lowest BCUT2D eigenvalue weighted by Crippen LogP contribution is -2.25. The van der Waals surface area contributed by atoms with Crippen molar-refractivity contribution in [2.45, 2.75) is 39.7 Å². The van der Waals surface area contributed by atoms with E-state index in [0.29, 0.717) is 13.0 Å². The van der Waals surface area contributed by atoms with Crippen LogP contribution in [0.25, 0.3) is 0 Å². The molecule has 0 saturated heterocycles. The molecule has 2 aromatic carbocycles. The summed E-state index contributed by atoms with van der Waals surface area (Å²) < 4.78 is 5.13. The third kappa shape index (κ3) is 4.85. The molecule has 0 aliphatic heterocycles. The third-order valence-electron chi connectivity index (χ3n) is 4.06. The highest BCUT2D eigenvalue weighted by atomic mass is 16.5. The molecule has 23 heavy (non-hydrogen) atoms. The van der Waals surface area contributed by atoms with E-state index in [1.54, 1.807) is 7.11 Å². The Balaban J connectivity index is 1.95. The summed E-state index contributed by atoms with van der Waals surface area (Å²) in [4.78, 5) is 12.2. The topological polar surface area (TPSA) is 38.3 Å². The number of aryl methyl sites for hydroxylation is 2. The summed E-state index contributed by atoms with van der Waals surface area (Å²) in [6, 6.07) is 14.1. The number of rotatable bonds is 7. The van der Waals surface area contributed by atoms with E-state index in [2.05, 4.69) is 37.4 Å². The van der Waals surface area contributed by atoms with Crippen molar-refractivity contribution in [3.05, 3.63) is 64.7 Å². The molecule has 0 radical (unpaired) electrons. The molecule has 1 N–H and O–H groups in total. The van der Waals surface area contributed by atoms with Crippen LogP contribution in [0.3, 0.4) is 0 Å². The average molecular weight is 311 g/mol. The minimum Gasteiger partial charge on any atom is -0.497 e. The van der Waals surface area contributed by atoms with Crippen molar-refractivity contribution in [1.82, 2.24) is 5.32 Å². The molecular formula is C20H25NO2. The Morgan fingerprint density at radius 1 is 0.957 bits per heavy atom. The quantitative estimate of drug-likeness (QED) is 0.847. The van der Waals surface area contributed by atoms with Crippen LogP contribution < -0.4 is 10.1 Å². The Hall–Kier alpha value is -2.29. The normalized spacial score (nSPS) is 10.4. The molecule has 2 rings (SSSR count).